The van der Waals surface area contributed by atoms with E-state index in [-0.39, 0.29) is 23.9 Å². The molecule has 2 heterocycles. The van der Waals surface area contributed by atoms with Gasteiger partial charge in [-0.2, -0.15) is 4.31 Å². The number of sulfonamides is 1. The normalized spacial score (nSPS) is 16.5. The summed E-state index contributed by atoms with van der Waals surface area (Å²) in [5.41, 5.74) is 2.54. The molecule has 5 rings (SSSR count). The number of carbonyl (C=O) groups excluding carboxylic acids is 1. The lowest BCUT2D eigenvalue weighted by Crippen LogP contribution is -2.47. The smallest absolute Gasteiger partial charge is 0.247 e. The number of benzene rings is 3. The molecule has 3 aromatic carbocycles. The van der Waals surface area contributed by atoms with E-state index in [0.717, 1.165) is 33.5 Å². The van der Waals surface area contributed by atoms with Gasteiger partial charge in [-0.25, -0.2) is 17.8 Å². The number of rotatable bonds is 6. The number of aromatic nitrogens is 1. The molecule has 0 aliphatic carbocycles. The first kappa shape index (κ1) is 24.8. The number of hydrogen-bond acceptors (Lipinski definition) is 5. The molecule has 1 fully saturated rings. The van der Waals surface area contributed by atoms with E-state index >= 15 is 0 Å². The molecule has 0 bridgehead atoms. The molecule has 1 unspecified atom stereocenters. The molecule has 0 saturated carbocycles. The number of amides is 1. The van der Waals surface area contributed by atoms with Gasteiger partial charge in [-0.1, -0.05) is 59.3 Å². The lowest BCUT2D eigenvalue weighted by atomic mass is 10.1. The van der Waals surface area contributed by atoms with Gasteiger partial charge in [0.25, 0.3) is 0 Å². The number of anilines is 1. The number of fused-ring (bicyclic) bond motifs is 1. The maximum absolute atomic E-state index is 14.0. The lowest BCUT2D eigenvalue weighted by molar-refractivity contribution is -0.121. The van der Waals surface area contributed by atoms with Crippen molar-refractivity contribution < 1.29 is 17.6 Å². The summed E-state index contributed by atoms with van der Waals surface area (Å²) < 4.78 is 42.2. The van der Waals surface area contributed by atoms with E-state index in [2.05, 4.69) is 0 Å². The van der Waals surface area contributed by atoms with Crippen molar-refractivity contribution in [1.29, 1.82) is 0 Å². The van der Waals surface area contributed by atoms with Crippen LogP contribution in [0.1, 0.15) is 24.0 Å². The molecule has 1 aliphatic heterocycles. The Labute approximate surface area is 218 Å². The van der Waals surface area contributed by atoms with Crippen molar-refractivity contribution in [3.05, 3.63) is 88.7 Å². The van der Waals surface area contributed by atoms with Gasteiger partial charge in [-0.15, -0.1) is 0 Å². The Morgan fingerprint density at radius 3 is 2.56 bits per heavy atom. The van der Waals surface area contributed by atoms with Gasteiger partial charge in [0.05, 0.1) is 26.7 Å². The third-order valence-corrected chi connectivity index (χ3v) is 9.74. The van der Waals surface area contributed by atoms with Crippen LogP contribution in [0.4, 0.5) is 9.52 Å². The van der Waals surface area contributed by atoms with Gasteiger partial charge in [0.15, 0.2) is 5.13 Å². The highest BCUT2D eigenvalue weighted by Gasteiger charge is 2.42. The second-order valence-electron chi connectivity index (χ2n) is 8.68. The zero-order valence-corrected chi connectivity index (χ0v) is 21.8. The molecule has 1 amide bonds. The Morgan fingerprint density at radius 2 is 1.86 bits per heavy atom. The first-order valence-corrected chi connectivity index (χ1v) is 14.1. The molecule has 0 radical (unpaired) electrons. The van der Waals surface area contributed by atoms with Crippen molar-refractivity contribution in [3.63, 3.8) is 0 Å². The van der Waals surface area contributed by atoms with Crippen LogP contribution in [-0.2, 0) is 21.4 Å². The zero-order chi connectivity index (χ0) is 25.4. The van der Waals surface area contributed by atoms with Crippen molar-refractivity contribution in [2.75, 3.05) is 11.4 Å². The van der Waals surface area contributed by atoms with E-state index in [1.165, 1.54) is 27.8 Å². The third kappa shape index (κ3) is 4.64. The van der Waals surface area contributed by atoms with Crippen LogP contribution in [0.5, 0.6) is 0 Å². The fourth-order valence-corrected chi connectivity index (χ4v) is 7.38. The summed E-state index contributed by atoms with van der Waals surface area (Å²) in [6.07, 6.45) is 0.927. The van der Waals surface area contributed by atoms with Gasteiger partial charge in [0.2, 0.25) is 15.9 Å². The Balaban J connectivity index is 1.55. The maximum atomic E-state index is 14.0. The highest BCUT2D eigenvalue weighted by atomic mass is 35.5. The van der Waals surface area contributed by atoms with Crippen molar-refractivity contribution in [3.8, 4) is 0 Å². The first-order valence-electron chi connectivity index (χ1n) is 11.4. The maximum Gasteiger partial charge on any atom is 0.247 e. The fourth-order valence-electron chi connectivity index (χ4n) is 4.41. The van der Waals surface area contributed by atoms with E-state index in [1.54, 1.807) is 11.0 Å². The summed E-state index contributed by atoms with van der Waals surface area (Å²) in [5, 5.41) is 1.01. The molecule has 6 nitrogen and oxygen atoms in total. The Hall–Kier alpha value is -2.85. The molecule has 1 atom stereocenters. The summed E-state index contributed by atoms with van der Waals surface area (Å²) in [7, 11) is -4.00. The van der Waals surface area contributed by atoms with Crippen LogP contribution in [0.15, 0.2) is 71.6 Å². The van der Waals surface area contributed by atoms with Crippen LogP contribution in [0.25, 0.3) is 10.2 Å². The number of nitrogens with zero attached hydrogens (tertiary/aromatic N) is 3. The predicted molar refractivity (Wildman–Crippen MR) is 140 cm³/mol. The number of carbonyl (C=O) groups is 1. The van der Waals surface area contributed by atoms with Gasteiger partial charge < -0.3 is 0 Å². The van der Waals surface area contributed by atoms with Crippen LogP contribution in [0.2, 0.25) is 5.02 Å². The SMILES string of the molecule is Cc1ccc(Cl)c2sc(N(Cc3ccccc3)C(=O)C3CCCN3S(=O)(=O)c3ccc(F)cc3)nc12. The van der Waals surface area contributed by atoms with Gasteiger partial charge >= 0.3 is 0 Å². The molecule has 1 aromatic heterocycles. The van der Waals surface area contributed by atoms with Gasteiger partial charge in [-0.05, 0) is 61.2 Å². The molecule has 36 heavy (non-hydrogen) atoms. The van der Waals surface area contributed by atoms with Crippen LogP contribution in [0, 0.1) is 12.7 Å². The fraction of sp³-hybridized carbons (Fsp3) is 0.231. The predicted octanol–water partition coefficient (Wildman–Crippen LogP) is 5.78. The average molecular weight is 544 g/mol. The quantitative estimate of drug-likeness (QED) is 0.309. The van der Waals surface area contributed by atoms with E-state index in [9.17, 15) is 17.6 Å². The topological polar surface area (TPSA) is 70.6 Å². The van der Waals surface area contributed by atoms with Gasteiger partial charge in [-0.3, -0.25) is 9.69 Å². The van der Waals surface area contributed by atoms with E-state index in [4.69, 9.17) is 16.6 Å². The molecule has 10 heteroatoms. The van der Waals surface area contributed by atoms with E-state index < -0.39 is 21.9 Å². The molecule has 1 aliphatic rings. The molecule has 0 spiro atoms. The number of halogens is 2. The highest BCUT2D eigenvalue weighted by molar-refractivity contribution is 7.89. The van der Waals surface area contributed by atoms with Crippen LogP contribution in [-0.4, -0.2) is 36.2 Å². The standard InChI is InChI=1S/C26H23ClFN3O3S2/c1-17-9-14-21(27)24-23(17)29-26(35-24)30(16-18-6-3-2-4-7-18)25(32)22-8-5-15-31(22)36(33,34)20-12-10-19(28)11-13-20/h2-4,6-7,9-14,22H,5,8,15-16H2,1H3. The average Bonchev–Trinajstić information content (AvgIpc) is 3.54. The second-order valence-corrected chi connectivity index (χ2v) is 12.0. The van der Waals surface area contributed by atoms with Crippen molar-refractivity contribution in [2.24, 2.45) is 0 Å². The Bertz CT molecular complexity index is 1490. The van der Waals surface area contributed by atoms with Gasteiger partial charge in [0, 0.05) is 6.54 Å². The molecule has 186 valence electrons. The Morgan fingerprint density at radius 1 is 1.14 bits per heavy atom. The Kier molecular flexibility index (Phi) is 6.82. The highest BCUT2D eigenvalue weighted by Crippen LogP contribution is 2.37. The first-order chi connectivity index (χ1) is 17.3. The van der Waals surface area contributed by atoms with Crippen LogP contribution >= 0.6 is 22.9 Å². The van der Waals surface area contributed by atoms with Crippen molar-refractivity contribution >= 4 is 54.2 Å². The molecule has 4 aromatic rings. The molecular formula is C26H23ClFN3O3S2. The minimum Gasteiger partial charge on any atom is -0.282 e. The lowest BCUT2D eigenvalue weighted by Gasteiger charge is -2.28. The zero-order valence-electron chi connectivity index (χ0n) is 19.4. The van der Waals surface area contributed by atoms with E-state index in [0.29, 0.717) is 23.0 Å². The van der Waals surface area contributed by atoms with Crippen LogP contribution in [0.3, 0.4) is 0 Å². The summed E-state index contributed by atoms with van der Waals surface area (Å²) in [6.45, 7) is 2.37. The minimum atomic E-state index is -4.00. The molecule has 1 saturated heterocycles. The van der Waals surface area contributed by atoms with Crippen molar-refractivity contribution in [1.82, 2.24) is 9.29 Å². The van der Waals surface area contributed by atoms with E-state index in [1.807, 2.05) is 43.3 Å². The summed E-state index contributed by atoms with van der Waals surface area (Å²) in [6, 6.07) is 16.9. The summed E-state index contributed by atoms with van der Waals surface area (Å²) in [5.74, 6) is -0.878. The number of thiazole rings is 1. The second kappa shape index (κ2) is 9.89. The van der Waals surface area contributed by atoms with Crippen molar-refractivity contribution in [2.45, 2.75) is 37.2 Å². The van der Waals surface area contributed by atoms with Gasteiger partial charge in [0.1, 0.15) is 11.9 Å². The van der Waals surface area contributed by atoms with Crippen LogP contribution < -0.4 is 4.90 Å². The largest absolute Gasteiger partial charge is 0.282 e. The monoisotopic (exact) mass is 543 g/mol. The number of aryl methyl sites for hydroxylation is 1. The minimum absolute atomic E-state index is 0.0411. The summed E-state index contributed by atoms with van der Waals surface area (Å²) >= 11 is 7.74. The summed E-state index contributed by atoms with van der Waals surface area (Å²) in [4.78, 5) is 20.3. The number of hydrogen-bond donors (Lipinski definition) is 0. The molecular weight excluding hydrogens is 521 g/mol. The third-order valence-electron chi connectivity index (χ3n) is 6.28. The molecule has 0 N–H and O–H groups in total.